The summed E-state index contributed by atoms with van der Waals surface area (Å²) in [5.41, 5.74) is 1.11. The summed E-state index contributed by atoms with van der Waals surface area (Å²) >= 11 is 0. The van der Waals surface area contributed by atoms with Crippen molar-refractivity contribution in [1.29, 1.82) is 5.26 Å². The summed E-state index contributed by atoms with van der Waals surface area (Å²) in [4.78, 5) is 10.9. The van der Waals surface area contributed by atoms with Gasteiger partial charge in [0.15, 0.2) is 0 Å². The molecular formula is C11H11NO3. The number of hydrogen-bond donors (Lipinski definition) is 1. The summed E-state index contributed by atoms with van der Waals surface area (Å²) in [7, 11) is 1.43. The van der Waals surface area contributed by atoms with Crippen LogP contribution in [-0.4, -0.2) is 18.2 Å². The minimum atomic E-state index is -1.00. The van der Waals surface area contributed by atoms with Crippen molar-refractivity contribution in [3.8, 4) is 11.8 Å². The minimum Gasteiger partial charge on any atom is -0.495 e. The van der Waals surface area contributed by atoms with E-state index in [0.717, 1.165) is 0 Å². The van der Waals surface area contributed by atoms with Crippen molar-refractivity contribution in [2.45, 2.75) is 13.3 Å². The maximum atomic E-state index is 10.9. The molecular weight excluding hydrogens is 194 g/mol. The molecule has 1 rings (SSSR count). The monoisotopic (exact) mass is 205 g/mol. The van der Waals surface area contributed by atoms with Crippen molar-refractivity contribution in [2.24, 2.45) is 0 Å². The number of nitriles is 1. The predicted molar refractivity (Wildman–Crippen MR) is 54.0 cm³/mol. The molecule has 0 amide bonds. The number of methoxy groups -OCH3 is 1. The third kappa shape index (κ3) is 1.91. The number of carbonyl (C=O) groups is 1. The van der Waals surface area contributed by atoms with Crippen LogP contribution in [0.1, 0.15) is 28.4 Å². The molecule has 1 N–H and O–H groups in total. The third-order valence-corrected chi connectivity index (χ3v) is 2.17. The van der Waals surface area contributed by atoms with E-state index < -0.39 is 5.97 Å². The van der Waals surface area contributed by atoms with E-state index >= 15 is 0 Å². The van der Waals surface area contributed by atoms with Crippen LogP contribution in [0.15, 0.2) is 12.1 Å². The van der Waals surface area contributed by atoms with Gasteiger partial charge in [0.2, 0.25) is 0 Å². The molecule has 1 aromatic rings. The van der Waals surface area contributed by atoms with E-state index in [1.807, 2.05) is 13.0 Å². The topological polar surface area (TPSA) is 70.3 Å². The largest absolute Gasteiger partial charge is 0.495 e. The van der Waals surface area contributed by atoms with Gasteiger partial charge >= 0.3 is 5.97 Å². The smallest absolute Gasteiger partial charge is 0.336 e. The number of benzene rings is 1. The number of carboxylic acid groups (broad SMARTS) is 1. The molecule has 4 heteroatoms. The molecule has 0 atom stereocenters. The molecule has 15 heavy (non-hydrogen) atoms. The summed E-state index contributed by atoms with van der Waals surface area (Å²) in [5.74, 6) is -0.644. The lowest BCUT2D eigenvalue weighted by molar-refractivity contribution is 0.0695. The van der Waals surface area contributed by atoms with Gasteiger partial charge in [-0.2, -0.15) is 5.26 Å². The van der Waals surface area contributed by atoms with Crippen molar-refractivity contribution in [1.82, 2.24) is 0 Å². The lowest BCUT2D eigenvalue weighted by Crippen LogP contribution is -2.05. The van der Waals surface area contributed by atoms with Gasteiger partial charge in [-0.05, 0) is 18.6 Å². The molecule has 0 unspecified atom stereocenters. The molecule has 0 saturated heterocycles. The van der Waals surface area contributed by atoms with Gasteiger partial charge < -0.3 is 9.84 Å². The number of nitrogens with zero attached hydrogens (tertiary/aromatic N) is 1. The van der Waals surface area contributed by atoms with Gasteiger partial charge in [0.05, 0.1) is 18.2 Å². The first-order chi connectivity index (χ1) is 7.15. The number of hydrogen-bond acceptors (Lipinski definition) is 3. The Kier molecular flexibility index (Phi) is 3.29. The zero-order valence-electron chi connectivity index (χ0n) is 8.57. The van der Waals surface area contributed by atoms with Crippen LogP contribution in [0.4, 0.5) is 0 Å². The van der Waals surface area contributed by atoms with E-state index in [2.05, 4.69) is 0 Å². The Bertz CT molecular complexity index is 432. The minimum absolute atomic E-state index is 0.188. The number of ether oxygens (including phenoxy) is 1. The van der Waals surface area contributed by atoms with Crippen molar-refractivity contribution in [3.63, 3.8) is 0 Å². The summed E-state index contributed by atoms with van der Waals surface area (Å²) < 4.78 is 5.06. The maximum Gasteiger partial charge on any atom is 0.336 e. The van der Waals surface area contributed by atoms with Gasteiger partial charge in [0, 0.05) is 5.56 Å². The SMILES string of the molecule is CCc1c(C(=O)O)ccc(C#N)c1OC. The Balaban J connectivity index is 3.49. The second kappa shape index (κ2) is 4.47. The van der Waals surface area contributed by atoms with E-state index in [4.69, 9.17) is 15.1 Å². The number of carboxylic acids is 1. The Hall–Kier alpha value is -2.02. The van der Waals surface area contributed by atoms with Crippen molar-refractivity contribution in [3.05, 3.63) is 28.8 Å². The molecule has 0 aliphatic rings. The Labute approximate surface area is 87.7 Å². The highest BCUT2D eigenvalue weighted by molar-refractivity contribution is 5.90. The van der Waals surface area contributed by atoms with Crippen LogP contribution < -0.4 is 4.74 Å². The summed E-state index contributed by atoms with van der Waals surface area (Å²) in [6, 6.07) is 4.86. The standard InChI is InChI=1S/C11H11NO3/c1-3-8-9(11(13)14)5-4-7(6-12)10(8)15-2/h4-5H,3H2,1-2H3,(H,13,14). The first-order valence-corrected chi connectivity index (χ1v) is 4.49. The van der Waals surface area contributed by atoms with Crippen LogP contribution in [0.25, 0.3) is 0 Å². The van der Waals surface area contributed by atoms with Crippen LogP contribution in [0, 0.1) is 11.3 Å². The van der Waals surface area contributed by atoms with Gasteiger partial charge in [-0.1, -0.05) is 6.92 Å². The molecule has 0 aliphatic carbocycles. The molecule has 0 fully saturated rings. The molecule has 0 spiro atoms. The van der Waals surface area contributed by atoms with Gasteiger partial charge in [-0.3, -0.25) is 0 Å². The quantitative estimate of drug-likeness (QED) is 0.817. The Morgan fingerprint density at radius 3 is 2.67 bits per heavy atom. The number of rotatable bonds is 3. The molecule has 0 aliphatic heterocycles. The second-order valence-corrected chi connectivity index (χ2v) is 2.94. The molecule has 0 bridgehead atoms. The summed E-state index contributed by atoms with van der Waals surface area (Å²) in [5, 5.41) is 17.8. The van der Waals surface area contributed by atoms with Crippen molar-refractivity contribution >= 4 is 5.97 Å². The van der Waals surface area contributed by atoms with E-state index in [1.54, 1.807) is 0 Å². The number of aromatic carboxylic acids is 1. The van der Waals surface area contributed by atoms with Crippen LogP contribution in [-0.2, 0) is 6.42 Å². The highest BCUT2D eigenvalue weighted by Crippen LogP contribution is 2.27. The Morgan fingerprint density at radius 1 is 1.60 bits per heavy atom. The highest BCUT2D eigenvalue weighted by Gasteiger charge is 2.16. The average molecular weight is 205 g/mol. The van der Waals surface area contributed by atoms with E-state index in [-0.39, 0.29) is 5.56 Å². The van der Waals surface area contributed by atoms with E-state index in [9.17, 15) is 4.79 Å². The summed E-state index contributed by atoms with van der Waals surface area (Å²) in [6.45, 7) is 1.82. The van der Waals surface area contributed by atoms with Gasteiger partial charge in [-0.25, -0.2) is 4.79 Å². The lowest BCUT2D eigenvalue weighted by atomic mass is 10.0. The Morgan fingerprint density at radius 2 is 2.27 bits per heavy atom. The van der Waals surface area contributed by atoms with E-state index in [0.29, 0.717) is 23.3 Å². The molecule has 0 aromatic heterocycles. The fourth-order valence-corrected chi connectivity index (χ4v) is 1.50. The second-order valence-electron chi connectivity index (χ2n) is 2.94. The first-order valence-electron chi connectivity index (χ1n) is 4.49. The molecule has 0 radical (unpaired) electrons. The van der Waals surface area contributed by atoms with Crippen LogP contribution >= 0.6 is 0 Å². The third-order valence-electron chi connectivity index (χ3n) is 2.17. The molecule has 78 valence electrons. The molecule has 4 nitrogen and oxygen atoms in total. The van der Waals surface area contributed by atoms with Crippen LogP contribution in [0.2, 0.25) is 0 Å². The molecule has 1 aromatic carbocycles. The van der Waals surface area contributed by atoms with Gasteiger partial charge in [0.25, 0.3) is 0 Å². The average Bonchev–Trinajstić information content (AvgIpc) is 2.26. The van der Waals surface area contributed by atoms with Gasteiger partial charge in [0.1, 0.15) is 11.8 Å². The van der Waals surface area contributed by atoms with Crippen molar-refractivity contribution in [2.75, 3.05) is 7.11 Å². The predicted octanol–water partition coefficient (Wildman–Crippen LogP) is 1.83. The van der Waals surface area contributed by atoms with Crippen LogP contribution in [0.5, 0.6) is 5.75 Å². The normalized spacial score (nSPS) is 9.40. The zero-order valence-corrected chi connectivity index (χ0v) is 8.57. The maximum absolute atomic E-state index is 10.9. The lowest BCUT2D eigenvalue weighted by Gasteiger charge is -2.11. The fourth-order valence-electron chi connectivity index (χ4n) is 1.50. The van der Waals surface area contributed by atoms with Gasteiger partial charge in [-0.15, -0.1) is 0 Å². The highest BCUT2D eigenvalue weighted by atomic mass is 16.5. The fraction of sp³-hybridized carbons (Fsp3) is 0.273. The van der Waals surface area contributed by atoms with Crippen molar-refractivity contribution < 1.29 is 14.6 Å². The zero-order chi connectivity index (χ0) is 11.4. The molecule has 0 heterocycles. The van der Waals surface area contributed by atoms with Crippen LogP contribution in [0.3, 0.4) is 0 Å². The molecule has 0 saturated carbocycles. The summed E-state index contributed by atoms with van der Waals surface area (Å²) in [6.07, 6.45) is 0.514. The van der Waals surface area contributed by atoms with E-state index in [1.165, 1.54) is 19.2 Å². The first kappa shape index (κ1) is 11.1.